The molecule has 1 amide bonds. The maximum Gasteiger partial charge on any atom is 0.257 e. The van der Waals surface area contributed by atoms with E-state index in [2.05, 4.69) is 41.6 Å². The fourth-order valence-corrected chi connectivity index (χ4v) is 3.26. The second kappa shape index (κ2) is 9.51. The fourth-order valence-electron chi connectivity index (χ4n) is 3.05. The molecule has 0 aliphatic rings. The Labute approximate surface area is 185 Å². The molecule has 0 atom stereocenters. The number of anilines is 1. The van der Waals surface area contributed by atoms with Gasteiger partial charge in [0.1, 0.15) is 5.52 Å². The zero-order chi connectivity index (χ0) is 21.1. The number of amides is 1. The third-order valence-corrected chi connectivity index (χ3v) is 4.94. The molecule has 4 rings (SSSR count). The number of oxazole rings is 1. The van der Waals surface area contributed by atoms with Crippen LogP contribution in [0.15, 0.2) is 77.2 Å². The van der Waals surface area contributed by atoms with Crippen molar-refractivity contribution in [2.75, 3.05) is 5.32 Å². The molecule has 0 radical (unpaired) electrons. The van der Waals surface area contributed by atoms with Crippen LogP contribution in [-0.2, 0) is 0 Å². The quantitative estimate of drug-likeness (QED) is 0.445. The van der Waals surface area contributed by atoms with Crippen LogP contribution in [0.2, 0.25) is 0 Å². The zero-order valence-corrected chi connectivity index (χ0v) is 18.0. The summed E-state index contributed by atoms with van der Waals surface area (Å²) < 4.78 is 5.90. The normalized spacial score (nSPS) is 10.5. The molecule has 0 aliphatic carbocycles. The van der Waals surface area contributed by atoms with E-state index < -0.39 is 0 Å². The number of thiocarbonyl (C=S) groups is 1. The standard InChI is InChI=1S/C24H21N3O2S.H2O/c1-15(2)18-10-13-21-20(14-18)26-23(29-21)17-8-11-19(12-9-17)25-24(30)27-22(28)16-6-4-3-5-7-16;/h3-15H,1-2H3,(H2,25,27,28,30);1H2. The minimum atomic E-state index is -0.253. The van der Waals surface area contributed by atoms with Crippen LogP contribution in [0.3, 0.4) is 0 Å². The number of benzene rings is 3. The maximum absolute atomic E-state index is 12.2. The van der Waals surface area contributed by atoms with Gasteiger partial charge in [-0.05, 0) is 72.2 Å². The lowest BCUT2D eigenvalue weighted by Crippen LogP contribution is -2.34. The van der Waals surface area contributed by atoms with Crippen LogP contribution < -0.4 is 10.6 Å². The summed E-state index contributed by atoms with van der Waals surface area (Å²) in [7, 11) is 0. The summed E-state index contributed by atoms with van der Waals surface area (Å²) in [5.41, 5.74) is 5.02. The molecule has 31 heavy (non-hydrogen) atoms. The SMILES string of the molecule is CC(C)c1ccc2oc(-c3ccc(NC(=S)NC(=O)c4ccccc4)cc3)nc2c1.O. The monoisotopic (exact) mass is 433 g/mol. The van der Waals surface area contributed by atoms with Crippen LogP contribution in [0.25, 0.3) is 22.6 Å². The van der Waals surface area contributed by atoms with Crippen molar-refractivity contribution in [3.05, 3.63) is 83.9 Å². The minimum Gasteiger partial charge on any atom is -0.436 e. The number of rotatable bonds is 4. The number of hydrogen-bond acceptors (Lipinski definition) is 4. The van der Waals surface area contributed by atoms with Crippen molar-refractivity contribution in [1.29, 1.82) is 0 Å². The van der Waals surface area contributed by atoms with Crippen molar-refractivity contribution in [1.82, 2.24) is 10.3 Å². The van der Waals surface area contributed by atoms with E-state index in [0.29, 0.717) is 17.4 Å². The molecular weight excluding hydrogens is 410 g/mol. The highest BCUT2D eigenvalue weighted by atomic mass is 32.1. The Morgan fingerprint density at radius 1 is 1.00 bits per heavy atom. The van der Waals surface area contributed by atoms with E-state index in [-0.39, 0.29) is 16.5 Å². The van der Waals surface area contributed by atoms with E-state index in [9.17, 15) is 4.79 Å². The van der Waals surface area contributed by atoms with Gasteiger partial charge in [-0.25, -0.2) is 4.98 Å². The van der Waals surface area contributed by atoms with Crippen LogP contribution in [0, 0.1) is 0 Å². The number of hydrogen-bond donors (Lipinski definition) is 2. The molecule has 3 aromatic carbocycles. The molecule has 1 aromatic heterocycles. The summed E-state index contributed by atoms with van der Waals surface area (Å²) in [6, 6.07) is 22.6. The number of fused-ring (bicyclic) bond motifs is 1. The molecule has 0 unspecified atom stereocenters. The lowest BCUT2D eigenvalue weighted by molar-refractivity contribution is 0.0977. The molecule has 0 spiro atoms. The fraction of sp³-hybridized carbons (Fsp3) is 0.125. The summed E-state index contributed by atoms with van der Waals surface area (Å²) in [5, 5.41) is 5.93. The summed E-state index contributed by atoms with van der Waals surface area (Å²) in [5.74, 6) is 0.750. The molecule has 4 aromatic rings. The number of aromatic nitrogens is 1. The molecule has 0 saturated heterocycles. The topological polar surface area (TPSA) is 98.7 Å². The highest BCUT2D eigenvalue weighted by molar-refractivity contribution is 7.80. The Kier molecular flexibility index (Phi) is 6.79. The highest BCUT2D eigenvalue weighted by Crippen LogP contribution is 2.27. The van der Waals surface area contributed by atoms with Gasteiger partial charge in [0, 0.05) is 16.8 Å². The Hall–Kier alpha value is -3.55. The average molecular weight is 434 g/mol. The van der Waals surface area contributed by atoms with Crippen LogP contribution in [0.5, 0.6) is 0 Å². The Bertz CT molecular complexity index is 1200. The number of nitrogens with zero attached hydrogens (tertiary/aromatic N) is 1. The molecule has 158 valence electrons. The van der Waals surface area contributed by atoms with Gasteiger partial charge in [-0.1, -0.05) is 38.1 Å². The number of carbonyl (C=O) groups is 1. The van der Waals surface area contributed by atoms with Gasteiger partial charge in [-0.15, -0.1) is 0 Å². The average Bonchev–Trinajstić information content (AvgIpc) is 3.18. The number of carbonyl (C=O) groups excluding carboxylic acids is 1. The van der Waals surface area contributed by atoms with Gasteiger partial charge in [0.05, 0.1) is 0 Å². The van der Waals surface area contributed by atoms with E-state index in [1.54, 1.807) is 24.3 Å². The lowest BCUT2D eigenvalue weighted by Gasteiger charge is -2.09. The van der Waals surface area contributed by atoms with E-state index in [1.807, 2.05) is 36.4 Å². The molecule has 7 heteroatoms. The molecule has 4 N–H and O–H groups in total. The van der Waals surface area contributed by atoms with Crippen molar-refractivity contribution in [2.24, 2.45) is 0 Å². The summed E-state index contributed by atoms with van der Waals surface area (Å²) in [6.45, 7) is 4.31. The van der Waals surface area contributed by atoms with E-state index in [1.165, 1.54) is 5.56 Å². The minimum absolute atomic E-state index is 0. The Balaban J connectivity index is 0.00000272. The molecule has 0 saturated carbocycles. The zero-order valence-electron chi connectivity index (χ0n) is 17.2. The van der Waals surface area contributed by atoms with Gasteiger partial charge in [-0.3, -0.25) is 10.1 Å². The van der Waals surface area contributed by atoms with Crippen molar-refractivity contribution < 1.29 is 14.7 Å². The molecule has 1 heterocycles. The Morgan fingerprint density at radius 3 is 2.39 bits per heavy atom. The van der Waals surface area contributed by atoms with Crippen LogP contribution in [0.1, 0.15) is 35.7 Å². The summed E-state index contributed by atoms with van der Waals surface area (Å²) in [4.78, 5) is 16.8. The first-order valence-electron chi connectivity index (χ1n) is 9.68. The van der Waals surface area contributed by atoms with E-state index >= 15 is 0 Å². The molecule has 0 bridgehead atoms. The molecular formula is C24H23N3O3S. The molecule has 6 nitrogen and oxygen atoms in total. The first-order valence-corrected chi connectivity index (χ1v) is 10.1. The smallest absolute Gasteiger partial charge is 0.257 e. The molecule has 0 aliphatic heterocycles. The highest BCUT2D eigenvalue weighted by Gasteiger charge is 2.11. The van der Waals surface area contributed by atoms with Gasteiger partial charge >= 0.3 is 0 Å². The second-order valence-electron chi connectivity index (χ2n) is 7.25. The van der Waals surface area contributed by atoms with Crippen molar-refractivity contribution in [2.45, 2.75) is 19.8 Å². The third kappa shape index (κ3) is 5.14. The molecule has 0 fully saturated rings. The number of nitrogens with one attached hydrogen (secondary N) is 2. The van der Waals surface area contributed by atoms with Gasteiger partial charge in [0.15, 0.2) is 10.7 Å². The van der Waals surface area contributed by atoms with Crippen LogP contribution in [0.4, 0.5) is 5.69 Å². The third-order valence-electron chi connectivity index (χ3n) is 4.73. The second-order valence-corrected chi connectivity index (χ2v) is 7.66. The van der Waals surface area contributed by atoms with Crippen molar-refractivity contribution >= 4 is 40.0 Å². The first-order chi connectivity index (χ1) is 14.5. The maximum atomic E-state index is 12.2. The van der Waals surface area contributed by atoms with Crippen molar-refractivity contribution in [3.8, 4) is 11.5 Å². The Morgan fingerprint density at radius 2 is 1.71 bits per heavy atom. The van der Waals surface area contributed by atoms with E-state index in [4.69, 9.17) is 16.6 Å². The predicted molar refractivity (Wildman–Crippen MR) is 127 cm³/mol. The van der Waals surface area contributed by atoms with Crippen LogP contribution in [-0.4, -0.2) is 21.5 Å². The summed E-state index contributed by atoms with van der Waals surface area (Å²) in [6.07, 6.45) is 0. The van der Waals surface area contributed by atoms with Gasteiger partial charge < -0.3 is 15.2 Å². The first kappa shape index (κ1) is 22.1. The summed E-state index contributed by atoms with van der Waals surface area (Å²) >= 11 is 5.24. The lowest BCUT2D eigenvalue weighted by atomic mass is 10.0. The van der Waals surface area contributed by atoms with Crippen LogP contribution >= 0.6 is 12.2 Å². The predicted octanol–water partition coefficient (Wildman–Crippen LogP) is 4.92. The largest absolute Gasteiger partial charge is 0.436 e. The van der Waals surface area contributed by atoms with Crippen molar-refractivity contribution in [3.63, 3.8) is 0 Å². The van der Waals surface area contributed by atoms with Gasteiger partial charge in [0.2, 0.25) is 5.89 Å². The van der Waals surface area contributed by atoms with Gasteiger partial charge in [0.25, 0.3) is 5.91 Å². The van der Waals surface area contributed by atoms with E-state index in [0.717, 1.165) is 22.4 Å². The van der Waals surface area contributed by atoms with Gasteiger partial charge in [-0.2, -0.15) is 0 Å².